The molecule has 6 nitrogen and oxygen atoms in total. The molecule has 2 heterocycles. The van der Waals surface area contributed by atoms with Crippen LogP contribution in [0.3, 0.4) is 0 Å². The minimum absolute atomic E-state index is 0.0719. The number of para-hydroxylation sites is 1. The van der Waals surface area contributed by atoms with Crippen molar-refractivity contribution in [3.63, 3.8) is 0 Å². The van der Waals surface area contributed by atoms with Crippen molar-refractivity contribution < 1.29 is 9.53 Å². The number of hydrogen-bond acceptors (Lipinski definition) is 5. The van der Waals surface area contributed by atoms with E-state index in [-0.39, 0.29) is 5.91 Å². The van der Waals surface area contributed by atoms with Crippen LogP contribution in [-0.4, -0.2) is 47.1 Å². The van der Waals surface area contributed by atoms with Crippen LogP contribution in [0.5, 0.6) is 0 Å². The molecule has 1 aliphatic rings. The second-order valence-electron chi connectivity index (χ2n) is 6.21. The Morgan fingerprint density at radius 2 is 2.00 bits per heavy atom. The molecule has 0 radical (unpaired) electrons. The number of amides is 1. The fourth-order valence-corrected chi connectivity index (χ4v) is 2.98. The van der Waals surface area contributed by atoms with Crippen LogP contribution in [0.15, 0.2) is 24.3 Å². The van der Waals surface area contributed by atoms with Crippen LogP contribution in [0.25, 0.3) is 0 Å². The van der Waals surface area contributed by atoms with E-state index in [9.17, 15) is 4.79 Å². The lowest BCUT2D eigenvalue weighted by Crippen LogP contribution is -2.41. The number of ether oxygens (including phenoxy) is 1. The summed E-state index contributed by atoms with van der Waals surface area (Å²) >= 11 is 0. The highest BCUT2D eigenvalue weighted by Crippen LogP contribution is 2.24. The normalized spacial score (nSPS) is 14.4. The maximum Gasteiger partial charge on any atom is 0.272 e. The van der Waals surface area contributed by atoms with Crippen LogP contribution in [0.1, 0.15) is 34.2 Å². The number of nitrogens with zero attached hydrogens (tertiary/aromatic N) is 3. The number of benzene rings is 1. The van der Waals surface area contributed by atoms with Crippen LogP contribution in [-0.2, 0) is 11.2 Å². The van der Waals surface area contributed by atoms with Crippen molar-refractivity contribution in [2.45, 2.75) is 27.2 Å². The predicted molar refractivity (Wildman–Crippen MR) is 97.3 cm³/mol. The van der Waals surface area contributed by atoms with E-state index in [0.29, 0.717) is 37.9 Å². The zero-order valence-corrected chi connectivity index (χ0v) is 15.0. The minimum Gasteiger partial charge on any atom is -0.378 e. The molecule has 6 heteroatoms. The third-order valence-electron chi connectivity index (χ3n) is 4.35. The Labute approximate surface area is 148 Å². The molecule has 0 spiro atoms. The molecule has 2 aromatic rings. The lowest BCUT2D eigenvalue weighted by molar-refractivity contribution is 0.0299. The molecule has 1 aromatic heterocycles. The Morgan fingerprint density at radius 3 is 2.72 bits per heavy atom. The van der Waals surface area contributed by atoms with Gasteiger partial charge in [-0.15, -0.1) is 0 Å². The summed E-state index contributed by atoms with van der Waals surface area (Å²) in [5.74, 6) is 0.387. The maximum atomic E-state index is 12.7. The van der Waals surface area contributed by atoms with Gasteiger partial charge in [-0.25, -0.2) is 9.97 Å². The Bertz CT molecular complexity index is 770. The number of carbonyl (C=O) groups is 1. The van der Waals surface area contributed by atoms with Gasteiger partial charge < -0.3 is 15.0 Å². The lowest BCUT2D eigenvalue weighted by atomic mass is 10.1. The number of rotatable bonds is 4. The van der Waals surface area contributed by atoms with Crippen molar-refractivity contribution in [2.75, 3.05) is 31.6 Å². The van der Waals surface area contributed by atoms with Gasteiger partial charge in [-0.1, -0.05) is 25.1 Å². The summed E-state index contributed by atoms with van der Waals surface area (Å²) in [7, 11) is 0. The van der Waals surface area contributed by atoms with Crippen LogP contribution >= 0.6 is 0 Å². The molecule has 1 fully saturated rings. The van der Waals surface area contributed by atoms with Gasteiger partial charge in [-0.3, -0.25) is 4.79 Å². The number of morpholine rings is 1. The van der Waals surface area contributed by atoms with Crippen molar-refractivity contribution in [1.29, 1.82) is 0 Å². The molecule has 25 heavy (non-hydrogen) atoms. The van der Waals surface area contributed by atoms with Gasteiger partial charge in [0.15, 0.2) is 0 Å². The first-order chi connectivity index (χ1) is 12.1. The van der Waals surface area contributed by atoms with Gasteiger partial charge >= 0.3 is 0 Å². The molecular formula is C19H24N4O2. The van der Waals surface area contributed by atoms with Gasteiger partial charge in [0.2, 0.25) is 5.95 Å². The van der Waals surface area contributed by atoms with Crippen LogP contribution < -0.4 is 5.32 Å². The SMILES string of the molecule is CCc1cccc(C)c1Nc1nc(C)cc(C(=O)N2CCOCC2)n1. The van der Waals surface area contributed by atoms with Gasteiger partial charge in [-0.05, 0) is 37.5 Å². The molecule has 132 valence electrons. The van der Waals surface area contributed by atoms with E-state index >= 15 is 0 Å². The molecule has 0 unspecified atom stereocenters. The fourth-order valence-electron chi connectivity index (χ4n) is 2.98. The standard InChI is InChI=1S/C19H24N4O2/c1-4-15-7-5-6-13(2)17(15)22-19-20-14(3)12-16(21-19)18(24)23-8-10-25-11-9-23/h5-7,12H,4,8-11H2,1-3H3,(H,20,21,22). The van der Waals surface area contributed by atoms with E-state index in [1.165, 1.54) is 5.56 Å². The molecule has 0 bridgehead atoms. The predicted octanol–water partition coefficient (Wildman–Crippen LogP) is 2.87. The average Bonchev–Trinajstić information content (AvgIpc) is 2.63. The first kappa shape index (κ1) is 17.4. The maximum absolute atomic E-state index is 12.7. The summed E-state index contributed by atoms with van der Waals surface area (Å²) in [6, 6.07) is 7.92. The van der Waals surface area contributed by atoms with Gasteiger partial charge in [0, 0.05) is 24.5 Å². The molecule has 3 rings (SSSR count). The van der Waals surface area contributed by atoms with Crippen LogP contribution in [0.2, 0.25) is 0 Å². The molecule has 1 N–H and O–H groups in total. The first-order valence-electron chi connectivity index (χ1n) is 8.66. The van der Waals surface area contributed by atoms with Gasteiger partial charge in [0.25, 0.3) is 5.91 Å². The zero-order chi connectivity index (χ0) is 17.8. The molecule has 1 saturated heterocycles. The summed E-state index contributed by atoms with van der Waals surface area (Å²) in [5.41, 5.74) is 4.53. The van der Waals surface area contributed by atoms with E-state index in [0.717, 1.165) is 23.4 Å². The number of anilines is 2. The van der Waals surface area contributed by atoms with E-state index < -0.39 is 0 Å². The zero-order valence-electron chi connectivity index (χ0n) is 15.0. The number of aromatic nitrogens is 2. The Balaban J connectivity index is 1.88. The van der Waals surface area contributed by atoms with Gasteiger partial charge in [-0.2, -0.15) is 0 Å². The first-order valence-corrected chi connectivity index (χ1v) is 8.66. The average molecular weight is 340 g/mol. The molecule has 1 aliphatic heterocycles. The number of nitrogens with one attached hydrogen (secondary N) is 1. The van der Waals surface area contributed by atoms with Gasteiger partial charge in [0.1, 0.15) is 5.69 Å². The summed E-state index contributed by atoms with van der Waals surface area (Å²) in [4.78, 5) is 23.4. The lowest BCUT2D eigenvalue weighted by Gasteiger charge is -2.26. The second-order valence-corrected chi connectivity index (χ2v) is 6.21. The van der Waals surface area contributed by atoms with Crippen molar-refractivity contribution in [3.8, 4) is 0 Å². The van der Waals surface area contributed by atoms with E-state index in [2.05, 4.69) is 41.3 Å². The number of carbonyl (C=O) groups excluding carboxylic acids is 1. The summed E-state index contributed by atoms with van der Waals surface area (Å²) in [5, 5.41) is 3.31. The second kappa shape index (κ2) is 7.61. The largest absolute Gasteiger partial charge is 0.378 e. The van der Waals surface area contributed by atoms with Crippen molar-refractivity contribution in [1.82, 2.24) is 14.9 Å². The molecule has 0 atom stereocenters. The summed E-state index contributed by atoms with van der Waals surface area (Å²) < 4.78 is 5.31. The van der Waals surface area contributed by atoms with Crippen molar-refractivity contribution in [2.24, 2.45) is 0 Å². The Morgan fingerprint density at radius 1 is 1.24 bits per heavy atom. The van der Waals surface area contributed by atoms with E-state index in [1.807, 2.05) is 13.0 Å². The molecule has 0 saturated carbocycles. The Kier molecular flexibility index (Phi) is 5.28. The smallest absolute Gasteiger partial charge is 0.272 e. The monoisotopic (exact) mass is 340 g/mol. The van der Waals surface area contributed by atoms with E-state index in [4.69, 9.17) is 4.74 Å². The highest BCUT2D eigenvalue weighted by Gasteiger charge is 2.21. The third-order valence-corrected chi connectivity index (χ3v) is 4.35. The fraction of sp³-hybridized carbons (Fsp3) is 0.421. The van der Waals surface area contributed by atoms with Crippen LogP contribution in [0, 0.1) is 13.8 Å². The number of aryl methyl sites for hydroxylation is 3. The van der Waals surface area contributed by atoms with Crippen molar-refractivity contribution >= 4 is 17.5 Å². The topological polar surface area (TPSA) is 67.4 Å². The Hall–Kier alpha value is -2.47. The summed E-state index contributed by atoms with van der Waals surface area (Å²) in [6.07, 6.45) is 0.912. The molecule has 1 amide bonds. The molecular weight excluding hydrogens is 316 g/mol. The van der Waals surface area contributed by atoms with E-state index in [1.54, 1.807) is 11.0 Å². The highest BCUT2D eigenvalue weighted by molar-refractivity contribution is 5.92. The van der Waals surface area contributed by atoms with Crippen molar-refractivity contribution in [3.05, 3.63) is 46.8 Å². The minimum atomic E-state index is -0.0719. The summed E-state index contributed by atoms with van der Waals surface area (Å²) in [6.45, 7) is 8.39. The van der Waals surface area contributed by atoms with Crippen LogP contribution in [0.4, 0.5) is 11.6 Å². The molecule has 0 aliphatic carbocycles. The highest BCUT2D eigenvalue weighted by atomic mass is 16.5. The quantitative estimate of drug-likeness (QED) is 0.927. The molecule has 1 aromatic carbocycles. The number of hydrogen-bond donors (Lipinski definition) is 1. The van der Waals surface area contributed by atoms with Gasteiger partial charge in [0.05, 0.1) is 13.2 Å². The third kappa shape index (κ3) is 3.96.